The molecule has 13 aromatic rings. The first-order chi connectivity index (χ1) is 66.8. The number of hydrogen-bond donors (Lipinski definition) is 6. The summed E-state index contributed by atoms with van der Waals surface area (Å²) in [6.45, 7) is 8.98. The average Bonchev–Trinajstić information content (AvgIpc) is 1.73. The number of carbonyl (C=O) groups is 7. The van der Waals surface area contributed by atoms with Crippen LogP contribution in [0.1, 0.15) is 204 Å². The number of carboxylic acids is 1. The number of pyridine rings is 3. The molecule has 0 spiro atoms. The van der Waals surface area contributed by atoms with E-state index < -0.39 is 171 Å². The minimum Gasteiger partial charge on any atom is -0.480 e. The van der Waals surface area contributed by atoms with Gasteiger partial charge in [-0.25, -0.2) is 44.3 Å². The number of aliphatic carboxylic acids is 1. The minimum atomic E-state index is -4.70. The Bertz CT molecular complexity index is 6240. The predicted octanol–water partition coefficient (Wildman–Crippen LogP) is 22.1. The van der Waals surface area contributed by atoms with Gasteiger partial charge >= 0.3 is 36.6 Å². The van der Waals surface area contributed by atoms with E-state index in [2.05, 4.69) is 51.3 Å². The van der Waals surface area contributed by atoms with Crippen molar-refractivity contribution in [3.05, 3.63) is 339 Å². The Hall–Kier alpha value is -14.7. The number of ether oxygens (including phenoxy) is 1. The average molecular weight is 2090 g/mol. The zero-order valence-electron chi connectivity index (χ0n) is 75.1. The van der Waals surface area contributed by atoms with E-state index in [0.717, 1.165) is 118 Å². The number of carbonyl (C=O) groups excluding carboxylic acids is 6. The molecule has 10 N–H and O–H groups in total. The molecule has 0 saturated carbocycles. The van der Waals surface area contributed by atoms with Crippen LogP contribution in [0.4, 0.5) is 92.2 Å². The minimum absolute atomic E-state index is 0. The molecule has 0 saturated heterocycles. The number of H-pyrrole nitrogens is 1. The molecule has 24 nitrogen and oxygen atoms in total. The van der Waals surface area contributed by atoms with Crippen LogP contribution < -0.4 is 22.9 Å². The number of Topliss-reactive ketones (excluding diaryl/α,β-unsaturated/α-hetero) is 2. The van der Waals surface area contributed by atoms with Crippen molar-refractivity contribution >= 4 is 57.2 Å². The SMILES string of the molecule is C.CCC(C(=O)C[C@@H](Cc1cc(F)cc(F)c1)c1ncccc1-c1ccc(F)c(C(N)=O)c1)n1ccc(C(F)(F)F)n1.CCC(C(=O)C[C@@H](Cc1cc(F)cc(F)c1)c1ncccc1-c1ccc(F)c(C(N)=O)c1)n1ccc(C(F)(F)F)n1.CCC(C(=O)O)n1ccc(C(F)(F)F)n1.CCOC(=O)C(Br)CC.FC(F)(F)c1ccn[nH]1.NC(=O)c1cc(-c2cccnc2[C@@H](N)Cc2cc(F)cc(F)c2)ccc1F. The molecule has 4 unspecified atom stereocenters. The normalized spacial score (nSPS) is 12.8. The highest BCUT2D eigenvalue weighted by molar-refractivity contribution is 9.10. The van der Waals surface area contributed by atoms with Gasteiger partial charge in [-0.2, -0.15) is 73.1 Å². The van der Waals surface area contributed by atoms with E-state index in [4.69, 9.17) is 32.8 Å². The van der Waals surface area contributed by atoms with Crippen LogP contribution in [0.3, 0.4) is 0 Å². The van der Waals surface area contributed by atoms with E-state index in [9.17, 15) is 126 Å². The van der Waals surface area contributed by atoms with Gasteiger partial charge in [-0.05, 0) is 201 Å². The molecule has 6 aromatic carbocycles. The molecule has 0 aliphatic carbocycles. The van der Waals surface area contributed by atoms with Crippen molar-refractivity contribution in [2.24, 2.45) is 22.9 Å². The molecule has 3 amide bonds. The highest BCUT2D eigenvalue weighted by atomic mass is 79.9. The first-order valence-electron chi connectivity index (χ1n) is 42.5. The summed E-state index contributed by atoms with van der Waals surface area (Å²) in [5, 5.41) is 23.9. The van der Waals surface area contributed by atoms with Gasteiger partial charge in [0.1, 0.15) is 81.0 Å². The molecule has 762 valence electrons. The van der Waals surface area contributed by atoms with Crippen LogP contribution in [0.15, 0.2) is 213 Å². The highest BCUT2D eigenvalue weighted by Gasteiger charge is 2.39. The predicted molar refractivity (Wildman–Crippen MR) is 484 cm³/mol. The van der Waals surface area contributed by atoms with Crippen molar-refractivity contribution in [3.8, 4) is 33.4 Å². The summed E-state index contributed by atoms with van der Waals surface area (Å²) >= 11 is 3.17. The molecule has 143 heavy (non-hydrogen) atoms. The standard InChI is InChI=1S/2C29H24F6N4O2.C20H16F3N3O.C8H9F3N2O2.C6H11BrO2.C4H3F3N2.CH4/c2*1-2-24(39-9-7-26(38-39)29(33,34)35)25(40)14-18(10-16-11-19(30)15-20(31)12-16)27-21(4-3-8-37-27)17-5-6-23(32)22(13-17)28(36)41;21-13-6-11(7-14(22)10-13)8-18(24)19-15(2-1-5-26-19)12-3-4-17(23)16(9-12)20(25)27;1-2-5(7(14)15)13-4-3-6(12-13)8(9,10)11;1-3-5(7)6(8)9-4-2;5-4(6,7)3-1-2-8-9-3;/h2*3-9,11-13,15,18,24H,2,10,14H2,1H3,(H2,36,41);1-7,9-10,18H,8,24H2,(H2,25,27);3-5H,2H2,1H3,(H,14,15);5H,3-4H2,1-2H3;1-2H,(H,8,9);1H4/t2*18-,24?;18-;;;;/m110..../s1. The number of nitrogens with two attached hydrogens (primary N) is 4. The van der Waals surface area contributed by atoms with Crippen LogP contribution in [-0.2, 0) is 67.9 Å². The fourth-order valence-electron chi connectivity index (χ4n) is 14.4. The number of rotatable bonds is 31. The maximum absolute atomic E-state index is 14.2. The van der Waals surface area contributed by atoms with Gasteiger partial charge in [0, 0.05) is 103 Å². The molecular weight excluding hydrogens is 2000 g/mol. The Kier molecular flexibility index (Phi) is 41.6. The Morgan fingerprint density at radius 2 is 0.720 bits per heavy atom. The second-order valence-corrected chi connectivity index (χ2v) is 32.1. The number of ketones is 2. The summed E-state index contributed by atoms with van der Waals surface area (Å²) in [5.41, 5.74) is 21.2. The van der Waals surface area contributed by atoms with Gasteiger partial charge in [0.2, 0.25) is 0 Å². The molecule has 7 aromatic heterocycles. The van der Waals surface area contributed by atoms with Crippen LogP contribution in [0.5, 0.6) is 0 Å². The molecule has 7 atom stereocenters. The first-order valence-corrected chi connectivity index (χ1v) is 43.5. The van der Waals surface area contributed by atoms with Crippen molar-refractivity contribution in [2.45, 2.75) is 165 Å². The van der Waals surface area contributed by atoms with E-state index in [1.807, 2.05) is 6.92 Å². The first kappa shape index (κ1) is 115. The number of hydrogen-bond acceptors (Lipinski definition) is 16. The maximum Gasteiger partial charge on any atom is 0.435 e. The van der Waals surface area contributed by atoms with Gasteiger partial charge in [-0.1, -0.05) is 87.4 Å². The molecule has 7 heterocycles. The van der Waals surface area contributed by atoms with Crippen molar-refractivity contribution in [2.75, 3.05) is 6.61 Å². The molecule has 46 heteroatoms. The number of halogens is 22. The van der Waals surface area contributed by atoms with Crippen molar-refractivity contribution in [1.82, 2.24) is 54.5 Å². The summed E-state index contributed by atoms with van der Waals surface area (Å²) in [6.07, 6.45) is -9.00. The van der Waals surface area contributed by atoms with Crippen molar-refractivity contribution in [1.29, 1.82) is 0 Å². The third-order valence-corrected chi connectivity index (χ3v) is 21.9. The number of carboxylic acid groups (broad SMARTS) is 1. The number of benzene rings is 6. The molecule has 13 rings (SSSR count). The van der Waals surface area contributed by atoms with Gasteiger partial charge in [-0.15, -0.1) is 0 Å². The lowest BCUT2D eigenvalue weighted by atomic mass is 9.85. The largest absolute Gasteiger partial charge is 0.480 e. The topological polar surface area (TPSA) is 374 Å². The highest BCUT2D eigenvalue weighted by Crippen LogP contribution is 2.40. The lowest BCUT2D eigenvalue weighted by molar-refractivity contribution is -0.144. The summed E-state index contributed by atoms with van der Waals surface area (Å²) in [5.74, 6) is -14.0. The molecule has 0 aliphatic rings. The van der Waals surface area contributed by atoms with Crippen LogP contribution in [-0.4, -0.2) is 112 Å². The maximum atomic E-state index is 14.2. The summed E-state index contributed by atoms with van der Waals surface area (Å²) < 4.78 is 282. The number of primary amides is 3. The van der Waals surface area contributed by atoms with E-state index in [-0.39, 0.29) is 97.4 Å². The van der Waals surface area contributed by atoms with Crippen molar-refractivity contribution < 1.29 is 136 Å². The third-order valence-electron chi connectivity index (χ3n) is 20.9. The molecular formula is C97H91BrF21N15O9. The van der Waals surface area contributed by atoms with Crippen LogP contribution in [0.2, 0.25) is 0 Å². The number of alkyl halides is 13. The molecule has 0 fully saturated rings. The zero-order chi connectivity index (χ0) is 105. The lowest BCUT2D eigenvalue weighted by Crippen LogP contribution is -2.23. The Labute approximate surface area is 810 Å². The van der Waals surface area contributed by atoms with Gasteiger partial charge in [0.05, 0.1) is 46.4 Å². The van der Waals surface area contributed by atoms with Crippen LogP contribution >= 0.6 is 15.9 Å². The fraction of sp³-hybridized carbons (Fsp3) is 0.278. The smallest absolute Gasteiger partial charge is 0.435 e. The number of amides is 3. The second kappa shape index (κ2) is 51.6. The summed E-state index contributed by atoms with van der Waals surface area (Å²) in [6, 6.07) is 29.4. The second-order valence-electron chi connectivity index (χ2n) is 31.0. The molecule has 0 aliphatic heterocycles. The quantitative estimate of drug-likeness (QED) is 0.0133. The molecule has 0 bridgehead atoms. The van der Waals surface area contributed by atoms with Gasteiger partial charge in [-0.3, -0.25) is 62.9 Å². The third kappa shape index (κ3) is 32.9. The van der Waals surface area contributed by atoms with E-state index in [1.54, 1.807) is 69.2 Å². The number of aromatic amines is 1. The van der Waals surface area contributed by atoms with Crippen molar-refractivity contribution in [3.63, 3.8) is 0 Å². The van der Waals surface area contributed by atoms with Gasteiger partial charge in [0.15, 0.2) is 28.6 Å². The Balaban J connectivity index is 0.000000253. The lowest BCUT2D eigenvalue weighted by Gasteiger charge is -2.22. The fourth-order valence-corrected chi connectivity index (χ4v) is 14.5. The molecule has 0 radical (unpaired) electrons. The zero-order valence-corrected chi connectivity index (χ0v) is 76.7. The Morgan fingerprint density at radius 3 is 0.986 bits per heavy atom. The van der Waals surface area contributed by atoms with Gasteiger partial charge < -0.3 is 32.8 Å². The van der Waals surface area contributed by atoms with E-state index in [1.165, 1.54) is 67.1 Å². The summed E-state index contributed by atoms with van der Waals surface area (Å²) in [4.78, 5) is 96.3. The van der Waals surface area contributed by atoms with Crippen LogP contribution in [0.25, 0.3) is 33.4 Å². The number of aromatic nitrogens is 11. The van der Waals surface area contributed by atoms with E-state index >= 15 is 0 Å². The number of nitrogens with zero attached hydrogens (tertiary/aromatic N) is 10. The van der Waals surface area contributed by atoms with E-state index in [0.29, 0.717) is 74.8 Å². The summed E-state index contributed by atoms with van der Waals surface area (Å²) in [7, 11) is 0. The monoisotopic (exact) mass is 2090 g/mol. The van der Waals surface area contributed by atoms with Crippen LogP contribution in [0, 0.1) is 52.4 Å². The Morgan fingerprint density at radius 1 is 0.406 bits per heavy atom. The number of nitrogens with one attached hydrogen (secondary N) is 1. The van der Waals surface area contributed by atoms with Gasteiger partial charge in [0.25, 0.3) is 17.7 Å². The number of esters is 1.